The first-order valence-corrected chi connectivity index (χ1v) is 6.57. The van der Waals surface area contributed by atoms with E-state index in [0.717, 1.165) is 6.42 Å². The fourth-order valence-electron chi connectivity index (χ4n) is 2.88. The van der Waals surface area contributed by atoms with Crippen molar-refractivity contribution in [3.63, 3.8) is 0 Å². The molecule has 0 radical (unpaired) electrons. The van der Waals surface area contributed by atoms with Crippen molar-refractivity contribution in [3.05, 3.63) is 4.77 Å². The van der Waals surface area contributed by atoms with Gasteiger partial charge in [0, 0.05) is 6.04 Å². The molecule has 90 valence electrons. The standard InChI is InChI=1S/C11H20N4S/c1-2-9(8-6-4-3-5-7-8)15-10(12)13-14-11(15)16/h8-9H,2-7H2,1H3,(H2,12,13)(H,14,16). The highest BCUT2D eigenvalue weighted by Crippen LogP contribution is 2.35. The zero-order valence-corrected chi connectivity index (χ0v) is 10.6. The number of hydrogen-bond acceptors (Lipinski definition) is 3. The lowest BCUT2D eigenvalue weighted by Gasteiger charge is -2.30. The van der Waals surface area contributed by atoms with Gasteiger partial charge in [0.15, 0.2) is 4.77 Å². The Morgan fingerprint density at radius 2 is 2.19 bits per heavy atom. The third-order valence-electron chi connectivity index (χ3n) is 3.68. The third kappa shape index (κ3) is 2.14. The Kier molecular flexibility index (Phi) is 3.63. The number of anilines is 1. The highest BCUT2D eigenvalue weighted by Gasteiger charge is 2.25. The van der Waals surface area contributed by atoms with E-state index in [1.165, 1.54) is 32.1 Å². The minimum atomic E-state index is 0.423. The minimum Gasteiger partial charge on any atom is -0.368 e. The van der Waals surface area contributed by atoms with E-state index in [1.54, 1.807) is 0 Å². The van der Waals surface area contributed by atoms with Crippen LogP contribution in [0.15, 0.2) is 0 Å². The first kappa shape index (κ1) is 11.6. The predicted molar refractivity (Wildman–Crippen MR) is 67.7 cm³/mol. The van der Waals surface area contributed by atoms with E-state index >= 15 is 0 Å². The van der Waals surface area contributed by atoms with Crippen molar-refractivity contribution < 1.29 is 0 Å². The molecule has 16 heavy (non-hydrogen) atoms. The molecule has 1 unspecified atom stereocenters. The molecule has 4 nitrogen and oxygen atoms in total. The maximum atomic E-state index is 5.88. The third-order valence-corrected chi connectivity index (χ3v) is 3.96. The number of nitrogen functional groups attached to an aromatic ring is 1. The molecule has 1 saturated carbocycles. The number of nitrogens with zero attached hydrogens (tertiary/aromatic N) is 2. The van der Waals surface area contributed by atoms with Crippen LogP contribution in [0, 0.1) is 10.7 Å². The number of H-pyrrole nitrogens is 1. The quantitative estimate of drug-likeness (QED) is 0.798. The van der Waals surface area contributed by atoms with Crippen molar-refractivity contribution in [2.24, 2.45) is 5.92 Å². The van der Waals surface area contributed by atoms with Gasteiger partial charge in [-0.15, -0.1) is 5.10 Å². The lowest BCUT2D eigenvalue weighted by Crippen LogP contribution is -2.22. The molecular formula is C11H20N4S. The number of aromatic nitrogens is 3. The highest BCUT2D eigenvalue weighted by molar-refractivity contribution is 7.71. The van der Waals surface area contributed by atoms with Crippen molar-refractivity contribution in [3.8, 4) is 0 Å². The van der Waals surface area contributed by atoms with Crippen LogP contribution in [0.4, 0.5) is 5.95 Å². The average molecular weight is 240 g/mol. The first-order chi connectivity index (χ1) is 7.74. The average Bonchev–Trinajstić information content (AvgIpc) is 2.63. The summed E-state index contributed by atoms with van der Waals surface area (Å²) in [7, 11) is 0. The molecule has 0 spiro atoms. The first-order valence-electron chi connectivity index (χ1n) is 6.16. The molecule has 3 N–H and O–H groups in total. The molecule has 1 aromatic heterocycles. The molecule has 1 aliphatic rings. The van der Waals surface area contributed by atoms with Gasteiger partial charge in [-0.1, -0.05) is 26.2 Å². The van der Waals surface area contributed by atoms with Gasteiger partial charge in [0.2, 0.25) is 5.95 Å². The van der Waals surface area contributed by atoms with Gasteiger partial charge in [0.1, 0.15) is 0 Å². The summed E-state index contributed by atoms with van der Waals surface area (Å²) in [6.45, 7) is 2.20. The lowest BCUT2D eigenvalue weighted by molar-refractivity contribution is 0.243. The molecule has 1 atom stereocenters. The fraction of sp³-hybridized carbons (Fsp3) is 0.818. The van der Waals surface area contributed by atoms with Crippen molar-refractivity contribution in [1.82, 2.24) is 14.8 Å². The highest BCUT2D eigenvalue weighted by atomic mass is 32.1. The molecule has 0 aliphatic heterocycles. The van der Waals surface area contributed by atoms with Crippen LogP contribution >= 0.6 is 12.2 Å². The maximum Gasteiger partial charge on any atom is 0.220 e. The number of aromatic amines is 1. The van der Waals surface area contributed by atoms with Crippen LogP contribution in [0.25, 0.3) is 0 Å². The Hall–Kier alpha value is -0.840. The number of nitrogens with two attached hydrogens (primary N) is 1. The normalized spacial score (nSPS) is 19.8. The van der Waals surface area contributed by atoms with Crippen LogP contribution in [-0.4, -0.2) is 14.8 Å². The molecule has 0 amide bonds. The summed E-state index contributed by atoms with van der Waals surface area (Å²) in [5.41, 5.74) is 5.88. The molecule has 2 rings (SSSR count). The van der Waals surface area contributed by atoms with Gasteiger partial charge in [-0.25, -0.2) is 5.10 Å². The van der Waals surface area contributed by atoms with Gasteiger partial charge in [-0.2, -0.15) is 0 Å². The summed E-state index contributed by atoms with van der Waals surface area (Å²) in [5, 5.41) is 6.78. The summed E-state index contributed by atoms with van der Waals surface area (Å²) >= 11 is 5.25. The Labute approximate surface area is 101 Å². The fourth-order valence-corrected chi connectivity index (χ4v) is 3.16. The van der Waals surface area contributed by atoms with Crippen LogP contribution in [0.1, 0.15) is 51.5 Å². The van der Waals surface area contributed by atoms with Crippen LogP contribution in [-0.2, 0) is 0 Å². The van der Waals surface area contributed by atoms with Gasteiger partial charge in [0.25, 0.3) is 0 Å². The second-order valence-corrected chi connectivity index (χ2v) is 5.02. The number of hydrogen-bond donors (Lipinski definition) is 2. The Morgan fingerprint density at radius 3 is 2.69 bits per heavy atom. The van der Waals surface area contributed by atoms with Crippen LogP contribution in [0.3, 0.4) is 0 Å². The second-order valence-electron chi connectivity index (χ2n) is 4.63. The van der Waals surface area contributed by atoms with Gasteiger partial charge in [0.05, 0.1) is 0 Å². The SMILES string of the molecule is CCC(C1CCCCC1)n1c(N)n[nH]c1=S. The predicted octanol–water partition coefficient (Wildman–Crippen LogP) is 3.05. The van der Waals surface area contributed by atoms with Gasteiger partial charge in [-0.05, 0) is 37.4 Å². The summed E-state index contributed by atoms with van der Waals surface area (Å²) < 4.78 is 2.67. The monoisotopic (exact) mass is 240 g/mol. The molecule has 1 heterocycles. The van der Waals surface area contributed by atoms with Gasteiger partial charge in [-0.3, -0.25) is 4.57 Å². The van der Waals surface area contributed by atoms with Crippen LogP contribution < -0.4 is 5.73 Å². The minimum absolute atomic E-state index is 0.423. The van der Waals surface area contributed by atoms with E-state index in [9.17, 15) is 0 Å². The molecule has 1 aliphatic carbocycles. The van der Waals surface area contributed by atoms with Crippen molar-refractivity contribution in [2.45, 2.75) is 51.5 Å². The summed E-state index contributed by atoms with van der Waals surface area (Å²) in [4.78, 5) is 0. The van der Waals surface area contributed by atoms with E-state index in [0.29, 0.717) is 22.7 Å². The molecule has 1 aromatic rings. The van der Waals surface area contributed by atoms with E-state index in [-0.39, 0.29) is 0 Å². The summed E-state index contributed by atoms with van der Waals surface area (Å²) in [6, 6.07) is 0.423. The summed E-state index contributed by atoms with van der Waals surface area (Å²) in [6.07, 6.45) is 7.72. The van der Waals surface area contributed by atoms with E-state index in [1.807, 2.05) is 4.57 Å². The maximum absolute atomic E-state index is 5.88. The molecule has 1 fully saturated rings. The van der Waals surface area contributed by atoms with E-state index < -0.39 is 0 Å². The number of nitrogens with one attached hydrogen (secondary N) is 1. The molecule has 0 saturated heterocycles. The van der Waals surface area contributed by atoms with E-state index in [4.69, 9.17) is 18.0 Å². The summed E-state index contributed by atoms with van der Waals surface area (Å²) in [5.74, 6) is 1.24. The second kappa shape index (κ2) is 4.99. The molecular weight excluding hydrogens is 220 g/mol. The molecule has 0 aromatic carbocycles. The van der Waals surface area contributed by atoms with Crippen molar-refractivity contribution in [1.29, 1.82) is 0 Å². The van der Waals surface area contributed by atoms with E-state index in [2.05, 4.69) is 17.1 Å². The Bertz CT molecular complexity index is 389. The van der Waals surface area contributed by atoms with Gasteiger partial charge >= 0.3 is 0 Å². The Morgan fingerprint density at radius 1 is 1.50 bits per heavy atom. The topological polar surface area (TPSA) is 59.6 Å². The van der Waals surface area contributed by atoms with Crippen molar-refractivity contribution in [2.75, 3.05) is 5.73 Å². The van der Waals surface area contributed by atoms with Crippen molar-refractivity contribution >= 4 is 18.2 Å². The Balaban J connectivity index is 2.24. The largest absolute Gasteiger partial charge is 0.368 e. The van der Waals surface area contributed by atoms with Crippen LogP contribution in [0.2, 0.25) is 0 Å². The lowest BCUT2D eigenvalue weighted by atomic mass is 9.83. The smallest absolute Gasteiger partial charge is 0.220 e. The zero-order chi connectivity index (χ0) is 11.5. The molecule has 0 bridgehead atoms. The molecule has 5 heteroatoms. The zero-order valence-electron chi connectivity index (χ0n) is 9.78. The number of rotatable bonds is 3. The van der Waals surface area contributed by atoms with Crippen LogP contribution in [0.5, 0.6) is 0 Å². The van der Waals surface area contributed by atoms with Gasteiger partial charge < -0.3 is 5.73 Å².